The third kappa shape index (κ3) is 4.04. The molecule has 1 aromatic carbocycles. The average Bonchev–Trinajstić information content (AvgIpc) is 3.49. The van der Waals surface area contributed by atoms with Gasteiger partial charge in [0.15, 0.2) is 6.61 Å². The highest BCUT2D eigenvalue weighted by Gasteiger charge is 2.30. The van der Waals surface area contributed by atoms with E-state index in [0.29, 0.717) is 39.6 Å². The Morgan fingerprint density at radius 1 is 1.06 bits per heavy atom. The van der Waals surface area contributed by atoms with Crippen molar-refractivity contribution in [2.75, 3.05) is 6.61 Å². The summed E-state index contributed by atoms with van der Waals surface area (Å²) >= 11 is 6.15. The van der Waals surface area contributed by atoms with Crippen LogP contribution in [-0.2, 0) is 4.74 Å². The molecular formula is C23H19ClN4O5. The number of rotatable bonds is 6. The largest absolute Gasteiger partial charge is 0.460 e. The van der Waals surface area contributed by atoms with Crippen LogP contribution in [0.25, 0.3) is 11.3 Å². The molecule has 0 atom stereocenters. The van der Waals surface area contributed by atoms with E-state index in [1.807, 2.05) is 0 Å². The fraction of sp³-hybridized carbons (Fsp3) is 0.174. The molecule has 0 spiro atoms. The van der Waals surface area contributed by atoms with E-state index < -0.39 is 11.9 Å². The third-order valence-corrected chi connectivity index (χ3v) is 5.60. The first-order valence-corrected chi connectivity index (χ1v) is 10.2. The van der Waals surface area contributed by atoms with E-state index in [1.165, 1.54) is 6.07 Å². The first-order valence-electron chi connectivity index (χ1n) is 9.86. The highest BCUT2D eigenvalue weighted by atomic mass is 35.5. The molecular weight excluding hydrogens is 448 g/mol. The van der Waals surface area contributed by atoms with Crippen LogP contribution in [0.15, 0.2) is 44.3 Å². The molecule has 3 heterocycles. The second-order valence-corrected chi connectivity index (χ2v) is 7.75. The van der Waals surface area contributed by atoms with Crippen molar-refractivity contribution in [1.82, 2.24) is 20.4 Å². The molecule has 9 nitrogen and oxygen atoms in total. The number of benzene rings is 1. The lowest BCUT2D eigenvalue weighted by Crippen LogP contribution is -2.19. The number of furan rings is 1. The molecule has 0 aliphatic carbocycles. The maximum Gasteiger partial charge on any atom is 0.340 e. The number of aryl methyl sites for hydroxylation is 2. The highest BCUT2D eigenvalue weighted by Crippen LogP contribution is 2.35. The van der Waals surface area contributed by atoms with Gasteiger partial charge >= 0.3 is 5.97 Å². The zero-order valence-electron chi connectivity index (χ0n) is 17.7. The number of carbonyl (C=O) groups is 1. The van der Waals surface area contributed by atoms with Crippen LogP contribution in [0, 0.1) is 26.2 Å². The van der Waals surface area contributed by atoms with E-state index in [1.54, 1.807) is 38.1 Å². The molecule has 0 aliphatic rings. The summed E-state index contributed by atoms with van der Waals surface area (Å²) in [6.07, 6.45) is 5.14. The van der Waals surface area contributed by atoms with E-state index in [2.05, 4.69) is 26.3 Å². The fourth-order valence-corrected chi connectivity index (χ4v) is 3.91. The number of ether oxygens (including phenoxy) is 1. The molecule has 0 fully saturated rings. The van der Waals surface area contributed by atoms with E-state index >= 15 is 0 Å². The van der Waals surface area contributed by atoms with Crippen LogP contribution in [0.1, 0.15) is 44.6 Å². The topological polar surface area (TPSA) is 137 Å². The van der Waals surface area contributed by atoms with Gasteiger partial charge in [-0.3, -0.25) is 19.8 Å². The number of nitrogens with one attached hydrogen (secondary N) is 4. The number of hydrogen-bond acceptors (Lipinski definition) is 5. The van der Waals surface area contributed by atoms with Crippen molar-refractivity contribution in [3.8, 4) is 23.7 Å². The molecule has 4 rings (SSSR count). The van der Waals surface area contributed by atoms with E-state index in [4.69, 9.17) is 27.2 Å². The molecule has 0 saturated heterocycles. The maximum absolute atomic E-state index is 12.6. The van der Waals surface area contributed by atoms with Gasteiger partial charge in [0.2, 0.25) is 0 Å². The lowest BCUT2D eigenvalue weighted by Gasteiger charge is -2.12. The van der Waals surface area contributed by atoms with Gasteiger partial charge in [0, 0.05) is 17.0 Å². The standard InChI is InChI=1S/C23H19ClN4O5/c1-4-9-32-23(31)14-10-13(5-6-15(14)24)16-7-8-17(33-16)20(18-11(2)25-27-21(18)29)19-12(3)26-28-22(19)30/h1,5-8,10,20H,9H2,2-3H3,(H2,25,27,29)(H2,26,28,30). The Morgan fingerprint density at radius 2 is 1.70 bits per heavy atom. The van der Waals surface area contributed by atoms with Crippen molar-refractivity contribution in [1.29, 1.82) is 0 Å². The SMILES string of the molecule is C#CCOC(=O)c1cc(-c2ccc(C(c3c(C)[nH][nH]c3=O)c3c(C)[nH][nH]c3=O)o2)ccc1Cl. The molecule has 4 N–H and O–H groups in total. The van der Waals surface area contributed by atoms with Crippen molar-refractivity contribution in [3.63, 3.8) is 0 Å². The molecule has 0 amide bonds. The summed E-state index contributed by atoms with van der Waals surface area (Å²) in [5, 5.41) is 10.9. The Hall–Kier alpha value is -4.16. The van der Waals surface area contributed by atoms with Gasteiger partial charge < -0.3 is 19.4 Å². The Morgan fingerprint density at radius 3 is 2.24 bits per heavy atom. The summed E-state index contributed by atoms with van der Waals surface area (Å²) in [6.45, 7) is 3.28. The molecule has 4 aromatic rings. The predicted octanol–water partition coefficient (Wildman–Crippen LogP) is 3.22. The number of aromatic nitrogens is 4. The number of hydrogen-bond donors (Lipinski definition) is 4. The molecule has 0 unspecified atom stereocenters. The minimum atomic E-state index is -0.767. The second kappa shape index (κ2) is 8.76. The van der Waals surface area contributed by atoms with Gasteiger partial charge in [0.05, 0.1) is 27.6 Å². The van der Waals surface area contributed by atoms with Crippen LogP contribution in [-0.4, -0.2) is 33.0 Å². The summed E-state index contributed by atoms with van der Waals surface area (Å²) in [5.41, 5.74) is 1.84. The van der Waals surface area contributed by atoms with Gasteiger partial charge in [-0.05, 0) is 44.2 Å². The van der Waals surface area contributed by atoms with Crippen LogP contribution in [0.2, 0.25) is 5.02 Å². The van der Waals surface area contributed by atoms with Crippen molar-refractivity contribution in [2.24, 2.45) is 0 Å². The highest BCUT2D eigenvalue weighted by molar-refractivity contribution is 6.33. The number of aromatic amines is 4. The molecule has 10 heteroatoms. The van der Waals surface area contributed by atoms with Gasteiger partial charge in [0.1, 0.15) is 11.5 Å². The van der Waals surface area contributed by atoms with Crippen LogP contribution in [0.5, 0.6) is 0 Å². The summed E-state index contributed by atoms with van der Waals surface area (Å²) in [5.74, 6) is 1.58. The maximum atomic E-state index is 12.6. The van der Waals surface area contributed by atoms with Crippen LogP contribution >= 0.6 is 11.6 Å². The fourth-order valence-electron chi connectivity index (χ4n) is 3.72. The smallest absolute Gasteiger partial charge is 0.340 e. The first-order chi connectivity index (χ1) is 15.8. The Labute approximate surface area is 192 Å². The average molecular weight is 467 g/mol. The molecule has 0 bridgehead atoms. The number of carbonyl (C=O) groups excluding carboxylic acids is 1. The van der Waals surface area contributed by atoms with E-state index in [-0.39, 0.29) is 28.3 Å². The monoisotopic (exact) mass is 466 g/mol. The molecule has 0 radical (unpaired) electrons. The second-order valence-electron chi connectivity index (χ2n) is 7.35. The minimum absolute atomic E-state index is 0.134. The van der Waals surface area contributed by atoms with Gasteiger partial charge in [0.25, 0.3) is 11.1 Å². The lowest BCUT2D eigenvalue weighted by atomic mass is 9.89. The van der Waals surface area contributed by atoms with Crippen molar-refractivity contribution >= 4 is 17.6 Å². The summed E-state index contributed by atoms with van der Waals surface area (Å²) in [7, 11) is 0. The van der Waals surface area contributed by atoms with Crippen LogP contribution in [0.3, 0.4) is 0 Å². The normalized spacial score (nSPS) is 11.0. The van der Waals surface area contributed by atoms with Crippen LogP contribution < -0.4 is 11.1 Å². The summed E-state index contributed by atoms with van der Waals surface area (Å²) in [4.78, 5) is 37.4. The molecule has 0 saturated carbocycles. The van der Waals surface area contributed by atoms with Gasteiger partial charge in [-0.2, -0.15) is 0 Å². The van der Waals surface area contributed by atoms with Gasteiger partial charge in [-0.15, -0.1) is 6.42 Å². The van der Waals surface area contributed by atoms with Crippen molar-refractivity contribution < 1.29 is 13.9 Å². The van der Waals surface area contributed by atoms with Crippen LogP contribution in [0.4, 0.5) is 0 Å². The van der Waals surface area contributed by atoms with E-state index in [9.17, 15) is 14.4 Å². The van der Waals surface area contributed by atoms with E-state index in [0.717, 1.165) is 0 Å². The number of H-pyrrole nitrogens is 4. The van der Waals surface area contributed by atoms with Crippen molar-refractivity contribution in [2.45, 2.75) is 19.8 Å². The Bertz CT molecular complexity index is 1440. The molecule has 33 heavy (non-hydrogen) atoms. The molecule has 0 aliphatic heterocycles. The summed E-state index contributed by atoms with van der Waals surface area (Å²) < 4.78 is 11.1. The predicted molar refractivity (Wildman–Crippen MR) is 122 cm³/mol. The number of halogens is 1. The van der Waals surface area contributed by atoms with Crippen molar-refractivity contribution in [3.05, 3.63) is 89.9 Å². The molecule has 168 valence electrons. The van der Waals surface area contributed by atoms with Gasteiger partial charge in [-0.25, -0.2) is 4.79 Å². The summed E-state index contributed by atoms with van der Waals surface area (Å²) in [6, 6.07) is 8.13. The number of esters is 1. The Kier molecular flexibility index (Phi) is 5.85. The Balaban J connectivity index is 1.81. The number of terminal acetylenes is 1. The first kappa shape index (κ1) is 22.0. The zero-order chi connectivity index (χ0) is 23.7. The van der Waals surface area contributed by atoms with Gasteiger partial charge in [-0.1, -0.05) is 17.5 Å². The zero-order valence-corrected chi connectivity index (χ0v) is 18.4. The molecule has 3 aromatic heterocycles. The lowest BCUT2D eigenvalue weighted by molar-refractivity contribution is 0.0557. The quantitative estimate of drug-likeness (QED) is 0.255. The third-order valence-electron chi connectivity index (χ3n) is 5.27. The minimum Gasteiger partial charge on any atom is -0.460 e.